The number of nitrogens with two attached hydrogens (primary N) is 2. The van der Waals surface area contributed by atoms with E-state index in [1.807, 2.05) is 0 Å². The zero-order valence-corrected chi connectivity index (χ0v) is 22.3. The van der Waals surface area contributed by atoms with E-state index < -0.39 is 69.1 Å². The van der Waals surface area contributed by atoms with Crippen molar-refractivity contribution in [3.63, 3.8) is 0 Å². The van der Waals surface area contributed by atoms with Crippen LogP contribution in [0.25, 0.3) is 22.3 Å². The molecule has 9 unspecified atom stereocenters. The van der Waals surface area contributed by atoms with E-state index in [0.29, 0.717) is 0 Å². The van der Waals surface area contributed by atoms with E-state index in [-0.39, 0.29) is 47.1 Å². The van der Waals surface area contributed by atoms with Crippen molar-refractivity contribution in [1.82, 2.24) is 39.0 Å². The molecule has 4 aromatic rings. The number of aliphatic hydroxyl groups excluding tert-OH is 2. The monoisotopic (exact) mass is 608 g/mol. The number of ether oxygens (including phenoxy) is 3. The number of anilines is 2. The van der Waals surface area contributed by atoms with Crippen LogP contribution in [0.4, 0.5) is 11.8 Å². The maximum Gasteiger partial charge on any atom is 0.472 e. The number of nitrogens with zero attached hydrogens (tertiary/aromatic N) is 7. The third-order valence-corrected chi connectivity index (χ3v) is 8.36. The Morgan fingerprint density at radius 3 is 2.43 bits per heavy atom. The summed E-state index contributed by atoms with van der Waals surface area (Å²) < 4.78 is 44.3. The van der Waals surface area contributed by atoms with Gasteiger partial charge in [-0.2, -0.15) is 4.98 Å². The Bertz CT molecular complexity index is 1760. The summed E-state index contributed by atoms with van der Waals surface area (Å²) in [5, 5.41) is 22.3. The highest BCUT2D eigenvalue weighted by Gasteiger charge is 2.52. The normalized spacial score (nSPS) is 35.7. The lowest BCUT2D eigenvalue weighted by Crippen LogP contribution is -2.37. The zero-order chi connectivity index (χ0) is 29.3. The lowest BCUT2D eigenvalue weighted by molar-refractivity contribution is -0.0723. The van der Waals surface area contributed by atoms with Crippen LogP contribution >= 0.6 is 7.82 Å². The molecule has 0 aromatic carbocycles. The fourth-order valence-corrected chi connectivity index (χ4v) is 6.42. The SMILES string of the molecule is Nc1nc2c(ncn2C2OC3COP(=O)(O)OC4C(CCOC3C2O)OC(n2cnc3c(N)ncnc32)C4O)c(=O)[nH]1. The highest BCUT2D eigenvalue weighted by atomic mass is 31.2. The van der Waals surface area contributed by atoms with Gasteiger partial charge in [-0.25, -0.2) is 24.5 Å². The van der Waals surface area contributed by atoms with Crippen molar-refractivity contribution in [3.05, 3.63) is 29.3 Å². The fourth-order valence-electron chi connectivity index (χ4n) is 5.46. The molecule has 8 N–H and O–H groups in total. The number of hydrogen-bond acceptors (Lipinski definition) is 16. The topological polar surface area (TPSA) is 283 Å². The van der Waals surface area contributed by atoms with E-state index in [2.05, 4.69) is 29.9 Å². The fraction of sp³-hybridized carbons (Fsp3) is 0.524. The summed E-state index contributed by atoms with van der Waals surface area (Å²) in [5.41, 5.74) is 11.5. The van der Waals surface area contributed by atoms with Gasteiger partial charge in [0.2, 0.25) is 5.95 Å². The van der Waals surface area contributed by atoms with Crippen LogP contribution in [0.2, 0.25) is 0 Å². The van der Waals surface area contributed by atoms with E-state index >= 15 is 0 Å². The molecular formula is C21H25N10O10P. The second-order valence-electron chi connectivity index (χ2n) is 9.93. The van der Waals surface area contributed by atoms with Crippen LogP contribution in [0.15, 0.2) is 23.8 Å². The van der Waals surface area contributed by atoms with Crippen molar-refractivity contribution >= 4 is 41.9 Å². The lowest BCUT2D eigenvalue weighted by Gasteiger charge is -2.23. The number of imidazole rings is 2. The van der Waals surface area contributed by atoms with Crippen LogP contribution in [0.5, 0.6) is 0 Å². The molecule has 0 amide bonds. The number of H-pyrrole nitrogens is 1. The molecule has 0 radical (unpaired) electrons. The number of hydrogen-bond donors (Lipinski definition) is 6. The van der Waals surface area contributed by atoms with Crippen molar-refractivity contribution < 1.29 is 42.9 Å². The van der Waals surface area contributed by atoms with Gasteiger partial charge < -0.3 is 40.8 Å². The maximum atomic E-state index is 13.0. The highest BCUT2D eigenvalue weighted by molar-refractivity contribution is 7.47. The van der Waals surface area contributed by atoms with Crippen LogP contribution in [0.3, 0.4) is 0 Å². The molecule has 3 saturated heterocycles. The van der Waals surface area contributed by atoms with Crippen LogP contribution in [-0.4, -0.2) is 104 Å². The molecule has 20 nitrogen and oxygen atoms in total. The van der Waals surface area contributed by atoms with Gasteiger partial charge in [0.25, 0.3) is 5.56 Å². The summed E-state index contributed by atoms with van der Waals surface area (Å²) in [5.74, 6) is -0.0412. The third-order valence-electron chi connectivity index (χ3n) is 7.37. The van der Waals surface area contributed by atoms with Crippen LogP contribution in [0.1, 0.15) is 18.9 Å². The van der Waals surface area contributed by atoms with Crippen molar-refractivity contribution in [2.24, 2.45) is 0 Å². The number of nitrogens with one attached hydrogen (secondary N) is 1. The molecule has 3 aliphatic heterocycles. The molecule has 0 spiro atoms. The van der Waals surface area contributed by atoms with Crippen molar-refractivity contribution in [1.29, 1.82) is 0 Å². The van der Waals surface area contributed by atoms with Crippen LogP contribution < -0.4 is 17.0 Å². The molecule has 0 saturated carbocycles. The number of nitrogen functional groups attached to an aromatic ring is 2. The van der Waals surface area contributed by atoms with E-state index in [0.717, 1.165) is 0 Å². The minimum Gasteiger partial charge on any atom is -0.386 e. The molecule has 7 rings (SSSR count). The highest BCUT2D eigenvalue weighted by Crippen LogP contribution is 2.50. The van der Waals surface area contributed by atoms with Gasteiger partial charge in [0.05, 0.1) is 25.4 Å². The minimum absolute atomic E-state index is 0.0304. The van der Waals surface area contributed by atoms with Gasteiger partial charge in [-0.05, 0) is 6.42 Å². The second kappa shape index (κ2) is 10.0. The minimum atomic E-state index is -4.81. The Hall–Kier alpha value is -3.59. The molecule has 0 aliphatic carbocycles. The van der Waals surface area contributed by atoms with Crippen molar-refractivity contribution in [2.75, 3.05) is 24.7 Å². The average Bonchev–Trinajstić information content (AvgIpc) is 3.69. The molecule has 42 heavy (non-hydrogen) atoms. The Labute approximate surface area is 233 Å². The molecule has 0 bridgehead atoms. The number of aromatic amines is 1. The summed E-state index contributed by atoms with van der Waals surface area (Å²) in [6, 6.07) is 0. The first kappa shape index (κ1) is 27.3. The van der Waals surface area contributed by atoms with Gasteiger partial charge in [0.15, 0.2) is 35.1 Å². The van der Waals surface area contributed by atoms with E-state index in [9.17, 15) is 24.5 Å². The summed E-state index contributed by atoms with van der Waals surface area (Å²) in [6.45, 7) is -0.571. The van der Waals surface area contributed by atoms with E-state index in [4.69, 9.17) is 34.7 Å². The second-order valence-corrected chi connectivity index (χ2v) is 11.3. The Morgan fingerprint density at radius 1 is 0.952 bits per heavy atom. The molecule has 3 aliphatic rings. The van der Waals surface area contributed by atoms with Gasteiger partial charge in [-0.15, -0.1) is 0 Å². The van der Waals surface area contributed by atoms with Gasteiger partial charge in [-0.1, -0.05) is 0 Å². The number of rotatable bonds is 2. The van der Waals surface area contributed by atoms with Gasteiger partial charge in [-0.3, -0.25) is 28.0 Å². The largest absolute Gasteiger partial charge is 0.472 e. The standard InChI is InChI=1S/C21H25N10O10P/c22-15-9-16(25-4-24-15)30(5-26-9)20-12(33)14-7(39-20)1-2-37-13-8(3-38-42(35,36)41-14)40-19(11(13)32)31-6-27-10-17(31)28-21(23)29-18(10)34/h4-8,11-14,19-20,32-33H,1-3H2,(H,35,36)(H2,22,24,25)(H3,23,28,29,34). The van der Waals surface area contributed by atoms with Gasteiger partial charge in [0, 0.05) is 6.61 Å². The number of aliphatic hydroxyl groups is 2. The van der Waals surface area contributed by atoms with Crippen LogP contribution in [-0.2, 0) is 27.8 Å². The van der Waals surface area contributed by atoms with E-state index in [1.165, 1.54) is 28.1 Å². The smallest absolute Gasteiger partial charge is 0.386 e. The summed E-state index contributed by atoms with van der Waals surface area (Å²) >= 11 is 0. The predicted molar refractivity (Wildman–Crippen MR) is 137 cm³/mol. The lowest BCUT2D eigenvalue weighted by atomic mass is 10.1. The molecule has 9 atom stereocenters. The molecule has 224 valence electrons. The first-order valence-corrected chi connectivity index (χ1v) is 14.2. The molecule has 4 aromatic heterocycles. The zero-order valence-electron chi connectivity index (χ0n) is 21.4. The third kappa shape index (κ3) is 4.44. The summed E-state index contributed by atoms with van der Waals surface area (Å²) in [7, 11) is -4.81. The number of fused-ring (bicyclic) bond motifs is 4. The molecular weight excluding hydrogens is 583 g/mol. The molecule has 3 fully saturated rings. The first-order chi connectivity index (χ1) is 20.1. The summed E-state index contributed by atoms with van der Waals surface area (Å²) in [4.78, 5) is 45.4. The van der Waals surface area contributed by atoms with Gasteiger partial charge >= 0.3 is 7.82 Å². The number of aromatic nitrogens is 8. The van der Waals surface area contributed by atoms with Crippen LogP contribution in [0, 0.1) is 0 Å². The van der Waals surface area contributed by atoms with Crippen molar-refractivity contribution in [3.8, 4) is 0 Å². The predicted octanol–water partition coefficient (Wildman–Crippen LogP) is -2.07. The van der Waals surface area contributed by atoms with Gasteiger partial charge in [0.1, 0.15) is 42.4 Å². The Morgan fingerprint density at radius 2 is 1.64 bits per heavy atom. The van der Waals surface area contributed by atoms with Crippen molar-refractivity contribution in [2.45, 2.75) is 55.5 Å². The average molecular weight is 608 g/mol. The first-order valence-electron chi connectivity index (χ1n) is 12.7. The maximum absolute atomic E-state index is 13.0. The quantitative estimate of drug-likeness (QED) is 0.133. The Balaban J connectivity index is 1.15. The van der Waals surface area contributed by atoms with E-state index in [1.54, 1.807) is 0 Å². The summed E-state index contributed by atoms with van der Waals surface area (Å²) in [6.07, 6.45) is -5.53. The number of phosphoric ester groups is 1. The molecule has 7 heterocycles. The Kier molecular flexibility index (Phi) is 6.49. The number of phosphoric acid groups is 1. The molecule has 21 heteroatoms.